The monoisotopic (exact) mass is 302 g/mol. The van der Waals surface area contributed by atoms with Gasteiger partial charge < -0.3 is 11.1 Å². The molecule has 0 radical (unpaired) electrons. The summed E-state index contributed by atoms with van der Waals surface area (Å²) < 4.78 is 26.5. The molecule has 3 N–H and O–H groups in total. The Morgan fingerprint density at radius 1 is 1.45 bits per heavy atom. The Hall–Kier alpha value is -1.14. The molecule has 6 heteroatoms. The second kappa shape index (κ2) is 7.59. The third-order valence-corrected chi connectivity index (χ3v) is 4.09. The van der Waals surface area contributed by atoms with Crippen LogP contribution in [0, 0.1) is 11.6 Å². The molecule has 1 aromatic carbocycles. The number of nitrogens with two attached hydrogens (primary N) is 1. The van der Waals surface area contributed by atoms with Gasteiger partial charge in [-0.15, -0.1) is 11.8 Å². The number of carbonyl (C=O) groups excluding carboxylic acids is 1. The van der Waals surface area contributed by atoms with Gasteiger partial charge in [0.25, 0.3) is 0 Å². The van der Waals surface area contributed by atoms with Crippen LogP contribution in [0.4, 0.5) is 8.78 Å². The van der Waals surface area contributed by atoms with E-state index in [1.54, 1.807) is 6.92 Å². The summed E-state index contributed by atoms with van der Waals surface area (Å²) in [4.78, 5) is 11.7. The van der Waals surface area contributed by atoms with Crippen LogP contribution in [-0.4, -0.2) is 23.7 Å². The van der Waals surface area contributed by atoms with Crippen LogP contribution in [0.3, 0.4) is 0 Å². The number of rotatable bonds is 8. The molecular formula is C14H20F2N2OS. The zero-order valence-corrected chi connectivity index (χ0v) is 12.5. The molecule has 0 aliphatic heterocycles. The lowest BCUT2D eigenvalue weighted by Gasteiger charge is -2.27. The van der Waals surface area contributed by atoms with E-state index in [4.69, 9.17) is 5.73 Å². The molecule has 0 saturated carbocycles. The van der Waals surface area contributed by atoms with E-state index in [-0.39, 0.29) is 4.90 Å². The highest BCUT2D eigenvalue weighted by atomic mass is 32.2. The van der Waals surface area contributed by atoms with Gasteiger partial charge in [-0.3, -0.25) is 4.79 Å². The molecule has 1 aromatic rings. The van der Waals surface area contributed by atoms with E-state index in [0.29, 0.717) is 18.7 Å². The van der Waals surface area contributed by atoms with Crippen molar-refractivity contribution >= 4 is 17.7 Å². The normalized spacial score (nSPS) is 14.0. The van der Waals surface area contributed by atoms with E-state index in [1.807, 2.05) is 6.92 Å². The van der Waals surface area contributed by atoms with Crippen molar-refractivity contribution in [3.63, 3.8) is 0 Å². The second-order valence-electron chi connectivity index (χ2n) is 4.80. The van der Waals surface area contributed by atoms with E-state index in [0.717, 1.165) is 24.6 Å². The minimum absolute atomic E-state index is 0.243. The highest BCUT2D eigenvalue weighted by Gasteiger charge is 2.29. The average Bonchev–Trinajstić information content (AvgIpc) is 2.40. The number of carbonyl (C=O) groups is 1. The summed E-state index contributed by atoms with van der Waals surface area (Å²) >= 11 is 1.18. The summed E-state index contributed by atoms with van der Waals surface area (Å²) in [5.74, 6) is -0.906. The Bertz CT molecular complexity index is 470. The van der Waals surface area contributed by atoms with Gasteiger partial charge in [-0.1, -0.05) is 6.92 Å². The van der Waals surface area contributed by atoms with Crippen LogP contribution < -0.4 is 11.1 Å². The number of hydrogen-bond donors (Lipinski definition) is 2. The van der Waals surface area contributed by atoms with E-state index in [2.05, 4.69) is 5.32 Å². The smallest absolute Gasteiger partial charge is 0.237 e. The van der Waals surface area contributed by atoms with Gasteiger partial charge in [0.1, 0.15) is 11.6 Å². The molecule has 0 aliphatic carbocycles. The van der Waals surface area contributed by atoms with Crippen LogP contribution in [0.1, 0.15) is 26.7 Å². The molecule has 1 rings (SSSR count). The van der Waals surface area contributed by atoms with Crippen LogP contribution in [0.2, 0.25) is 0 Å². The molecule has 112 valence electrons. The van der Waals surface area contributed by atoms with E-state index < -0.39 is 23.1 Å². The Morgan fingerprint density at radius 2 is 2.15 bits per heavy atom. The fourth-order valence-corrected chi connectivity index (χ4v) is 2.78. The van der Waals surface area contributed by atoms with Crippen molar-refractivity contribution in [2.24, 2.45) is 5.73 Å². The number of halogens is 2. The minimum Gasteiger partial charge on any atom is -0.368 e. The number of nitrogens with one attached hydrogen (secondary N) is 1. The van der Waals surface area contributed by atoms with Gasteiger partial charge in [-0.2, -0.15) is 0 Å². The van der Waals surface area contributed by atoms with Gasteiger partial charge in [0.2, 0.25) is 5.91 Å². The molecular weight excluding hydrogens is 282 g/mol. The average molecular weight is 302 g/mol. The van der Waals surface area contributed by atoms with Crippen LogP contribution in [0.25, 0.3) is 0 Å². The molecule has 1 atom stereocenters. The molecule has 0 aliphatic rings. The third kappa shape index (κ3) is 4.76. The standard InChI is InChI=1S/C14H20F2N2OS/c1-3-7-18-14(2,13(17)19)6-8-20-12-9-10(15)4-5-11(12)16/h4-5,9,18H,3,6-8H2,1-2H3,(H2,17,19). The maximum absolute atomic E-state index is 13.5. The van der Waals surface area contributed by atoms with Crippen molar-refractivity contribution in [2.75, 3.05) is 12.3 Å². The van der Waals surface area contributed by atoms with Crippen molar-refractivity contribution < 1.29 is 13.6 Å². The molecule has 1 unspecified atom stereocenters. The topological polar surface area (TPSA) is 55.1 Å². The maximum Gasteiger partial charge on any atom is 0.237 e. The molecule has 0 heterocycles. The summed E-state index contributed by atoms with van der Waals surface area (Å²) in [5.41, 5.74) is 4.57. The molecule has 0 saturated heterocycles. The van der Waals surface area contributed by atoms with Crippen LogP contribution >= 0.6 is 11.8 Å². The van der Waals surface area contributed by atoms with E-state index in [1.165, 1.54) is 11.8 Å². The first kappa shape index (κ1) is 16.9. The molecule has 3 nitrogen and oxygen atoms in total. The lowest BCUT2D eigenvalue weighted by molar-refractivity contribution is -0.123. The molecule has 20 heavy (non-hydrogen) atoms. The maximum atomic E-state index is 13.5. The summed E-state index contributed by atoms with van der Waals surface area (Å²) in [5, 5.41) is 3.10. The molecule has 0 bridgehead atoms. The summed E-state index contributed by atoms with van der Waals surface area (Å²) in [6.07, 6.45) is 1.33. The van der Waals surface area contributed by atoms with Gasteiger partial charge in [0.15, 0.2) is 0 Å². The van der Waals surface area contributed by atoms with Gasteiger partial charge in [0, 0.05) is 10.6 Å². The Balaban J connectivity index is 2.60. The highest BCUT2D eigenvalue weighted by molar-refractivity contribution is 7.99. The predicted octanol–water partition coefficient (Wildman–Crippen LogP) is 2.69. The van der Waals surface area contributed by atoms with Gasteiger partial charge in [-0.05, 0) is 44.5 Å². The van der Waals surface area contributed by atoms with Crippen molar-refractivity contribution in [3.05, 3.63) is 29.8 Å². The predicted molar refractivity (Wildman–Crippen MR) is 77.6 cm³/mol. The summed E-state index contributed by atoms with van der Waals surface area (Å²) in [7, 11) is 0. The minimum atomic E-state index is -0.827. The van der Waals surface area contributed by atoms with Gasteiger partial charge in [-0.25, -0.2) is 8.78 Å². The quantitative estimate of drug-likeness (QED) is 0.726. The first-order valence-corrected chi connectivity index (χ1v) is 7.50. The molecule has 0 aromatic heterocycles. The van der Waals surface area contributed by atoms with E-state index >= 15 is 0 Å². The van der Waals surface area contributed by atoms with Crippen LogP contribution in [0.5, 0.6) is 0 Å². The SMILES string of the molecule is CCCNC(C)(CCSc1cc(F)ccc1F)C(N)=O. The summed E-state index contributed by atoms with van der Waals surface area (Å²) in [6.45, 7) is 4.40. The van der Waals surface area contributed by atoms with Gasteiger partial charge in [0.05, 0.1) is 5.54 Å². The van der Waals surface area contributed by atoms with Crippen molar-refractivity contribution in [3.8, 4) is 0 Å². The van der Waals surface area contributed by atoms with Crippen LogP contribution in [0.15, 0.2) is 23.1 Å². The second-order valence-corrected chi connectivity index (χ2v) is 5.93. The number of primary amides is 1. The number of thioether (sulfide) groups is 1. The van der Waals surface area contributed by atoms with Crippen molar-refractivity contribution in [1.29, 1.82) is 0 Å². The molecule has 0 fully saturated rings. The van der Waals surface area contributed by atoms with Crippen LogP contribution in [-0.2, 0) is 4.79 Å². The van der Waals surface area contributed by atoms with Crippen molar-refractivity contribution in [1.82, 2.24) is 5.32 Å². The first-order chi connectivity index (χ1) is 9.39. The molecule has 0 spiro atoms. The number of hydrogen-bond acceptors (Lipinski definition) is 3. The highest BCUT2D eigenvalue weighted by Crippen LogP contribution is 2.25. The fourth-order valence-electron chi connectivity index (χ4n) is 1.65. The van der Waals surface area contributed by atoms with Crippen molar-refractivity contribution in [2.45, 2.75) is 37.1 Å². The largest absolute Gasteiger partial charge is 0.368 e. The summed E-state index contributed by atoms with van der Waals surface area (Å²) in [6, 6.07) is 3.33. The fraction of sp³-hybridized carbons (Fsp3) is 0.500. The lowest BCUT2D eigenvalue weighted by Crippen LogP contribution is -2.53. The van der Waals surface area contributed by atoms with E-state index in [9.17, 15) is 13.6 Å². The number of amides is 1. The zero-order chi connectivity index (χ0) is 15.2. The van der Waals surface area contributed by atoms with Gasteiger partial charge >= 0.3 is 0 Å². The molecule has 1 amide bonds. The Morgan fingerprint density at radius 3 is 2.75 bits per heavy atom. The Kier molecular flexibility index (Phi) is 6.42. The zero-order valence-electron chi connectivity index (χ0n) is 11.7. The first-order valence-electron chi connectivity index (χ1n) is 6.52. The number of benzene rings is 1. The Labute approximate surface area is 122 Å². The third-order valence-electron chi connectivity index (χ3n) is 3.06. The lowest BCUT2D eigenvalue weighted by atomic mass is 9.98.